The van der Waals surface area contributed by atoms with Gasteiger partial charge < -0.3 is 9.88 Å². The molecule has 1 fully saturated rings. The highest BCUT2D eigenvalue weighted by Crippen LogP contribution is 2.29. The fraction of sp³-hybridized carbons (Fsp3) is 0.667. The van der Waals surface area contributed by atoms with E-state index in [0.29, 0.717) is 6.04 Å². The first kappa shape index (κ1) is 13.2. The van der Waals surface area contributed by atoms with E-state index < -0.39 is 0 Å². The second kappa shape index (κ2) is 6.62. The second-order valence-corrected chi connectivity index (χ2v) is 5.28. The van der Waals surface area contributed by atoms with Gasteiger partial charge in [0.25, 0.3) is 0 Å². The maximum absolute atomic E-state index is 4.58. The van der Waals surface area contributed by atoms with Gasteiger partial charge in [-0.1, -0.05) is 38.2 Å². The first-order valence-corrected chi connectivity index (χ1v) is 7.21. The molecule has 0 bridgehead atoms. The monoisotopic (exact) mass is 247 g/mol. The molecule has 1 aromatic rings. The van der Waals surface area contributed by atoms with Crippen molar-refractivity contribution in [2.75, 3.05) is 11.9 Å². The maximum Gasteiger partial charge on any atom is 0.203 e. The highest BCUT2D eigenvalue weighted by atomic mass is 15.2. The van der Waals surface area contributed by atoms with E-state index >= 15 is 0 Å². The first-order valence-electron chi connectivity index (χ1n) is 7.21. The molecule has 1 saturated carbocycles. The Morgan fingerprint density at radius 1 is 1.33 bits per heavy atom. The third kappa shape index (κ3) is 3.37. The lowest BCUT2D eigenvalue weighted by atomic mass is 9.96. The summed E-state index contributed by atoms with van der Waals surface area (Å²) in [4.78, 5) is 4.58. The molecular formula is C15H25N3. The van der Waals surface area contributed by atoms with Crippen molar-refractivity contribution >= 4 is 5.95 Å². The molecule has 100 valence electrons. The summed E-state index contributed by atoms with van der Waals surface area (Å²) in [6.45, 7) is 6.60. The highest BCUT2D eigenvalue weighted by Gasteiger charge is 2.16. The number of anilines is 1. The Balaban J connectivity index is 2.10. The number of rotatable bonds is 4. The number of aryl methyl sites for hydroxylation is 1. The fourth-order valence-electron chi connectivity index (χ4n) is 2.80. The van der Waals surface area contributed by atoms with Gasteiger partial charge in [-0.05, 0) is 19.8 Å². The van der Waals surface area contributed by atoms with Gasteiger partial charge in [-0.2, -0.15) is 0 Å². The molecule has 3 heteroatoms. The molecule has 0 amide bonds. The van der Waals surface area contributed by atoms with Crippen LogP contribution in [0.2, 0.25) is 0 Å². The minimum atomic E-state index is 0.624. The van der Waals surface area contributed by atoms with E-state index in [4.69, 9.17) is 0 Å². The van der Waals surface area contributed by atoms with E-state index in [1.807, 2.05) is 6.08 Å². The van der Waals surface area contributed by atoms with Gasteiger partial charge in [0.1, 0.15) is 0 Å². The Morgan fingerprint density at radius 3 is 2.67 bits per heavy atom. The molecule has 1 heterocycles. The van der Waals surface area contributed by atoms with E-state index in [1.165, 1.54) is 44.9 Å². The Morgan fingerprint density at radius 2 is 2.00 bits per heavy atom. The zero-order valence-corrected chi connectivity index (χ0v) is 11.5. The second-order valence-electron chi connectivity index (χ2n) is 5.28. The van der Waals surface area contributed by atoms with Gasteiger partial charge in [-0.25, -0.2) is 4.98 Å². The Kier molecular flexibility index (Phi) is 4.85. The predicted molar refractivity (Wildman–Crippen MR) is 77.0 cm³/mol. The average Bonchev–Trinajstić information content (AvgIpc) is 2.67. The molecule has 3 nitrogen and oxygen atoms in total. The first-order chi connectivity index (χ1) is 8.81. The lowest BCUT2D eigenvalue weighted by Gasteiger charge is -2.23. The summed E-state index contributed by atoms with van der Waals surface area (Å²) >= 11 is 0. The average molecular weight is 247 g/mol. The van der Waals surface area contributed by atoms with Crippen molar-refractivity contribution in [3.63, 3.8) is 0 Å². The van der Waals surface area contributed by atoms with Crippen LogP contribution in [-0.2, 0) is 0 Å². The summed E-state index contributed by atoms with van der Waals surface area (Å²) < 4.78 is 2.35. The summed E-state index contributed by atoms with van der Waals surface area (Å²) in [5.74, 6) is 1.01. The Hall–Kier alpha value is -1.25. The molecule has 0 aromatic carbocycles. The molecule has 0 atom stereocenters. The van der Waals surface area contributed by atoms with Crippen LogP contribution in [0, 0.1) is 6.92 Å². The number of imidazole rings is 1. The van der Waals surface area contributed by atoms with Gasteiger partial charge in [-0.15, -0.1) is 6.58 Å². The Bertz CT molecular complexity index is 373. The van der Waals surface area contributed by atoms with Gasteiger partial charge in [0.2, 0.25) is 5.95 Å². The van der Waals surface area contributed by atoms with Crippen molar-refractivity contribution < 1.29 is 0 Å². The van der Waals surface area contributed by atoms with E-state index in [1.54, 1.807) is 0 Å². The van der Waals surface area contributed by atoms with Crippen molar-refractivity contribution in [1.82, 2.24) is 9.55 Å². The third-order valence-corrected chi connectivity index (χ3v) is 3.73. The quantitative estimate of drug-likeness (QED) is 0.813. The molecular weight excluding hydrogens is 222 g/mol. The molecule has 1 aliphatic carbocycles. The van der Waals surface area contributed by atoms with Crippen LogP contribution in [0.25, 0.3) is 0 Å². The lowest BCUT2D eigenvalue weighted by molar-refractivity contribution is 0.374. The molecule has 1 aromatic heterocycles. The number of hydrogen-bond donors (Lipinski definition) is 1. The zero-order chi connectivity index (χ0) is 12.8. The molecule has 1 aliphatic rings. The highest BCUT2D eigenvalue weighted by molar-refractivity contribution is 5.30. The lowest BCUT2D eigenvalue weighted by Crippen LogP contribution is -2.14. The standard InChI is InChI=1S/C15H25N3/c1-3-11-16-15-17-13(2)12-18(15)14-9-7-5-4-6-8-10-14/h3,12,14H,1,4-11H2,2H3,(H,16,17). The van der Waals surface area contributed by atoms with E-state index in [-0.39, 0.29) is 0 Å². The zero-order valence-electron chi connectivity index (χ0n) is 11.5. The Labute approximate surface area is 110 Å². The molecule has 2 rings (SSSR count). The molecule has 18 heavy (non-hydrogen) atoms. The molecule has 0 radical (unpaired) electrons. The fourth-order valence-corrected chi connectivity index (χ4v) is 2.80. The molecule has 1 N–H and O–H groups in total. The number of nitrogens with zero attached hydrogens (tertiary/aromatic N) is 2. The molecule has 0 saturated heterocycles. The normalized spacial score (nSPS) is 18.1. The van der Waals surface area contributed by atoms with Crippen LogP contribution in [0.1, 0.15) is 56.7 Å². The summed E-state index contributed by atoms with van der Waals surface area (Å²) in [6, 6.07) is 0.624. The minimum absolute atomic E-state index is 0.624. The number of aromatic nitrogens is 2. The summed E-state index contributed by atoms with van der Waals surface area (Å²) in [5.41, 5.74) is 1.10. The van der Waals surface area contributed by atoms with Crippen LogP contribution in [0.5, 0.6) is 0 Å². The van der Waals surface area contributed by atoms with Gasteiger partial charge in [0.15, 0.2) is 0 Å². The van der Waals surface area contributed by atoms with Gasteiger partial charge in [0.05, 0.1) is 5.69 Å². The molecule has 0 unspecified atom stereocenters. The maximum atomic E-state index is 4.58. The summed E-state index contributed by atoms with van der Waals surface area (Å²) in [7, 11) is 0. The van der Waals surface area contributed by atoms with Gasteiger partial charge in [-0.3, -0.25) is 0 Å². The predicted octanol–water partition coefficient (Wildman–Crippen LogP) is 4.07. The van der Waals surface area contributed by atoms with Crippen LogP contribution in [0.4, 0.5) is 5.95 Å². The van der Waals surface area contributed by atoms with Crippen molar-refractivity contribution in [2.24, 2.45) is 0 Å². The van der Waals surface area contributed by atoms with Crippen LogP contribution in [0.15, 0.2) is 18.9 Å². The van der Waals surface area contributed by atoms with Crippen molar-refractivity contribution in [3.05, 3.63) is 24.5 Å². The number of hydrogen-bond acceptors (Lipinski definition) is 2. The van der Waals surface area contributed by atoms with Gasteiger partial charge >= 0.3 is 0 Å². The van der Waals surface area contributed by atoms with Crippen LogP contribution in [-0.4, -0.2) is 16.1 Å². The van der Waals surface area contributed by atoms with Crippen LogP contribution >= 0.6 is 0 Å². The van der Waals surface area contributed by atoms with E-state index in [9.17, 15) is 0 Å². The van der Waals surface area contributed by atoms with Crippen molar-refractivity contribution in [3.8, 4) is 0 Å². The molecule has 0 aliphatic heterocycles. The number of nitrogens with one attached hydrogen (secondary N) is 1. The SMILES string of the molecule is C=CCNc1nc(C)cn1C1CCCCCCC1. The third-order valence-electron chi connectivity index (χ3n) is 3.73. The summed E-state index contributed by atoms with van der Waals surface area (Å²) in [6.07, 6.45) is 13.5. The van der Waals surface area contributed by atoms with E-state index in [2.05, 4.69) is 34.6 Å². The topological polar surface area (TPSA) is 29.9 Å². The van der Waals surface area contributed by atoms with Crippen molar-refractivity contribution in [2.45, 2.75) is 57.9 Å². The van der Waals surface area contributed by atoms with Crippen LogP contribution in [0.3, 0.4) is 0 Å². The van der Waals surface area contributed by atoms with Crippen molar-refractivity contribution in [1.29, 1.82) is 0 Å². The summed E-state index contributed by atoms with van der Waals surface area (Å²) in [5, 5.41) is 3.35. The largest absolute Gasteiger partial charge is 0.352 e. The van der Waals surface area contributed by atoms with Crippen LogP contribution < -0.4 is 5.32 Å². The molecule has 0 spiro atoms. The smallest absolute Gasteiger partial charge is 0.203 e. The van der Waals surface area contributed by atoms with E-state index in [0.717, 1.165) is 18.2 Å². The minimum Gasteiger partial charge on any atom is -0.352 e. The van der Waals surface area contributed by atoms with Gasteiger partial charge in [0, 0.05) is 18.8 Å².